The summed E-state index contributed by atoms with van der Waals surface area (Å²) in [5.74, 6) is -0.250. The SMILES string of the molecule is N#Cc1c(F)cccc1Nc1cc(N)cc(Cl)n1. The van der Waals surface area contributed by atoms with Crippen molar-refractivity contribution in [2.75, 3.05) is 11.1 Å². The van der Waals surface area contributed by atoms with Crippen molar-refractivity contribution in [2.24, 2.45) is 0 Å². The zero-order valence-electron chi connectivity index (χ0n) is 9.11. The third-order valence-electron chi connectivity index (χ3n) is 2.20. The summed E-state index contributed by atoms with van der Waals surface area (Å²) in [7, 11) is 0. The third-order valence-corrected chi connectivity index (χ3v) is 2.40. The van der Waals surface area contributed by atoms with Crippen LogP contribution in [0.15, 0.2) is 30.3 Å². The van der Waals surface area contributed by atoms with Crippen LogP contribution < -0.4 is 11.1 Å². The minimum absolute atomic E-state index is 0.0853. The van der Waals surface area contributed by atoms with E-state index in [0.29, 0.717) is 17.2 Å². The Morgan fingerprint density at radius 2 is 2.17 bits per heavy atom. The Kier molecular flexibility index (Phi) is 3.31. The number of aromatic nitrogens is 1. The maximum atomic E-state index is 13.4. The lowest BCUT2D eigenvalue weighted by Gasteiger charge is -2.08. The molecule has 0 saturated heterocycles. The van der Waals surface area contributed by atoms with Gasteiger partial charge in [0.2, 0.25) is 0 Å². The van der Waals surface area contributed by atoms with Crippen molar-refractivity contribution >= 4 is 28.8 Å². The summed E-state index contributed by atoms with van der Waals surface area (Å²) in [6, 6.07) is 9.09. The average Bonchev–Trinajstić information content (AvgIpc) is 2.27. The summed E-state index contributed by atoms with van der Waals surface area (Å²) in [6.45, 7) is 0. The molecule has 0 fully saturated rings. The molecule has 0 radical (unpaired) electrons. The molecule has 1 aromatic carbocycles. The summed E-state index contributed by atoms with van der Waals surface area (Å²) < 4.78 is 13.4. The van der Waals surface area contributed by atoms with Gasteiger partial charge in [0.25, 0.3) is 0 Å². The lowest BCUT2D eigenvalue weighted by Crippen LogP contribution is -1.99. The third kappa shape index (κ3) is 2.50. The van der Waals surface area contributed by atoms with Gasteiger partial charge >= 0.3 is 0 Å². The van der Waals surface area contributed by atoms with Crippen molar-refractivity contribution < 1.29 is 4.39 Å². The number of anilines is 3. The summed E-state index contributed by atoms with van der Waals surface area (Å²) in [5.41, 5.74) is 6.26. The molecule has 90 valence electrons. The summed E-state index contributed by atoms with van der Waals surface area (Å²) in [4.78, 5) is 3.98. The van der Waals surface area contributed by atoms with Crippen LogP contribution in [-0.4, -0.2) is 4.98 Å². The number of nitriles is 1. The van der Waals surface area contributed by atoms with E-state index in [0.717, 1.165) is 0 Å². The molecule has 0 bridgehead atoms. The van der Waals surface area contributed by atoms with E-state index in [9.17, 15) is 4.39 Å². The van der Waals surface area contributed by atoms with Gasteiger partial charge in [0.15, 0.2) is 0 Å². The van der Waals surface area contributed by atoms with Crippen LogP contribution in [-0.2, 0) is 0 Å². The second kappa shape index (κ2) is 4.90. The number of benzene rings is 1. The summed E-state index contributed by atoms with van der Waals surface area (Å²) in [6.07, 6.45) is 0. The molecule has 6 heteroatoms. The van der Waals surface area contributed by atoms with Crippen molar-refractivity contribution in [1.29, 1.82) is 5.26 Å². The van der Waals surface area contributed by atoms with Gasteiger partial charge in [-0.1, -0.05) is 17.7 Å². The Morgan fingerprint density at radius 1 is 1.39 bits per heavy atom. The minimum Gasteiger partial charge on any atom is -0.399 e. The van der Waals surface area contributed by atoms with Gasteiger partial charge in [-0.3, -0.25) is 0 Å². The highest BCUT2D eigenvalue weighted by Gasteiger charge is 2.08. The van der Waals surface area contributed by atoms with Crippen LogP contribution >= 0.6 is 11.6 Å². The number of nitrogens with one attached hydrogen (secondary N) is 1. The lowest BCUT2D eigenvalue weighted by molar-refractivity contribution is 0.624. The van der Waals surface area contributed by atoms with Gasteiger partial charge in [-0.2, -0.15) is 5.26 Å². The highest BCUT2D eigenvalue weighted by atomic mass is 35.5. The molecule has 0 atom stereocenters. The van der Waals surface area contributed by atoms with Crippen molar-refractivity contribution in [2.45, 2.75) is 0 Å². The predicted molar refractivity (Wildman–Crippen MR) is 68.1 cm³/mol. The van der Waals surface area contributed by atoms with E-state index in [2.05, 4.69) is 10.3 Å². The fraction of sp³-hybridized carbons (Fsp3) is 0. The average molecular weight is 263 g/mol. The topological polar surface area (TPSA) is 74.7 Å². The van der Waals surface area contributed by atoms with Crippen molar-refractivity contribution in [1.82, 2.24) is 4.98 Å². The molecule has 4 nitrogen and oxygen atoms in total. The van der Waals surface area contributed by atoms with Gasteiger partial charge in [-0.15, -0.1) is 0 Å². The van der Waals surface area contributed by atoms with Crippen molar-refractivity contribution in [3.8, 4) is 6.07 Å². The lowest BCUT2D eigenvalue weighted by atomic mass is 10.2. The number of halogens is 2. The van der Waals surface area contributed by atoms with Gasteiger partial charge in [-0.25, -0.2) is 9.37 Å². The van der Waals surface area contributed by atoms with Crippen molar-refractivity contribution in [3.05, 3.63) is 46.9 Å². The highest BCUT2D eigenvalue weighted by Crippen LogP contribution is 2.24. The van der Waals surface area contributed by atoms with Crippen LogP contribution in [0.1, 0.15) is 5.56 Å². The molecule has 0 spiro atoms. The van der Waals surface area contributed by atoms with Crippen LogP contribution in [0.2, 0.25) is 5.15 Å². The van der Waals surface area contributed by atoms with Crippen LogP contribution in [0.5, 0.6) is 0 Å². The monoisotopic (exact) mass is 262 g/mol. The number of nitrogens with zero attached hydrogens (tertiary/aromatic N) is 2. The molecule has 0 aliphatic carbocycles. The molecule has 0 aliphatic heterocycles. The first-order valence-electron chi connectivity index (χ1n) is 4.99. The first-order valence-corrected chi connectivity index (χ1v) is 5.36. The number of nitrogens with two attached hydrogens (primary N) is 1. The van der Waals surface area contributed by atoms with Crippen LogP contribution in [0.4, 0.5) is 21.6 Å². The molecule has 1 aromatic heterocycles. The fourth-order valence-corrected chi connectivity index (χ4v) is 1.68. The second-order valence-corrected chi connectivity index (χ2v) is 3.89. The predicted octanol–water partition coefficient (Wildman–Crippen LogP) is 3.07. The van der Waals surface area contributed by atoms with Crippen LogP contribution in [0.25, 0.3) is 0 Å². The Bertz CT molecular complexity index is 616. The smallest absolute Gasteiger partial charge is 0.143 e. The largest absolute Gasteiger partial charge is 0.399 e. The number of rotatable bonds is 2. The summed E-state index contributed by atoms with van der Waals surface area (Å²) in [5, 5.41) is 11.9. The van der Waals surface area contributed by atoms with E-state index in [1.807, 2.05) is 0 Å². The maximum Gasteiger partial charge on any atom is 0.143 e. The molecule has 2 rings (SSSR count). The number of hydrogen-bond acceptors (Lipinski definition) is 4. The normalized spacial score (nSPS) is 9.83. The number of pyridine rings is 1. The maximum absolute atomic E-state index is 13.4. The minimum atomic E-state index is -0.600. The first kappa shape index (κ1) is 12.1. The number of nitrogen functional groups attached to an aromatic ring is 1. The Hall–Kier alpha value is -2.32. The van der Waals surface area contributed by atoms with E-state index < -0.39 is 5.82 Å². The van der Waals surface area contributed by atoms with Gasteiger partial charge in [-0.05, 0) is 18.2 Å². The molecule has 0 unspecified atom stereocenters. The Morgan fingerprint density at radius 3 is 2.83 bits per heavy atom. The van der Waals surface area contributed by atoms with Crippen molar-refractivity contribution in [3.63, 3.8) is 0 Å². The van der Waals surface area contributed by atoms with E-state index in [4.69, 9.17) is 22.6 Å². The van der Waals surface area contributed by atoms with E-state index in [1.165, 1.54) is 24.3 Å². The molecule has 1 heterocycles. The number of hydrogen-bond donors (Lipinski definition) is 2. The van der Waals surface area contributed by atoms with Crippen LogP contribution in [0, 0.1) is 17.1 Å². The molecule has 0 saturated carbocycles. The van der Waals surface area contributed by atoms with Crippen LogP contribution in [0.3, 0.4) is 0 Å². The molecular formula is C12H8ClFN4. The van der Waals surface area contributed by atoms with E-state index in [1.54, 1.807) is 12.1 Å². The van der Waals surface area contributed by atoms with Gasteiger partial charge in [0, 0.05) is 11.8 Å². The molecule has 18 heavy (non-hydrogen) atoms. The summed E-state index contributed by atoms with van der Waals surface area (Å²) >= 11 is 5.75. The zero-order chi connectivity index (χ0) is 13.1. The molecule has 3 N–H and O–H groups in total. The second-order valence-electron chi connectivity index (χ2n) is 3.51. The Labute approximate surface area is 108 Å². The van der Waals surface area contributed by atoms with E-state index >= 15 is 0 Å². The molecule has 0 aliphatic rings. The molecule has 0 amide bonds. The fourth-order valence-electron chi connectivity index (χ4n) is 1.46. The van der Waals surface area contributed by atoms with Gasteiger partial charge < -0.3 is 11.1 Å². The van der Waals surface area contributed by atoms with Gasteiger partial charge in [0.05, 0.1) is 5.69 Å². The zero-order valence-corrected chi connectivity index (χ0v) is 9.87. The Balaban J connectivity index is 2.40. The quantitative estimate of drug-likeness (QED) is 0.816. The highest BCUT2D eigenvalue weighted by molar-refractivity contribution is 6.29. The first-order chi connectivity index (χ1) is 8.60. The van der Waals surface area contributed by atoms with E-state index in [-0.39, 0.29) is 10.7 Å². The standard InChI is InChI=1S/C12H8ClFN4/c13-11-4-7(16)5-12(18-11)17-10-3-1-2-9(14)8(10)6-15/h1-5H,(H3,16,17,18). The molecule has 2 aromatic rings. The van der Waals surface area contributed by atoms with Gasteiger partial charge in [0.1, 0.15) is 28.4 Å². The molecular weight excluding hydrogens is 255 g/mol.